The molecule has 10 heteroatoms. The fraction of sp³-hybridized carbons (Fsp3) is 0.182. The first kappa shape index (κ1) is 22.9. The second-order valence-electron chi connectivity index (χ2n) is 6.75. The summed E-state index contributed by atoms with van der Waals surface area (Å²) >= 11 is 0. The van der Waals surface area contributed by atoms with Crippen LogP contribution in [0, 0.1) is 23.3 Å². The summed E-state index contributed by atoms with van der Waals surface area (Å²) in [5, 5.41) is 5.40. The van der Waals surface area contributed by atoms with Crippen LogP contribution in [-0.2, 0) is 19.1 Å². The number of nitrogens with one attached hydrogen (secondary N) is 2. The second kappa shape index (κ2) is 9.54. The maximum absolute atomic E-state index is 14.1. The van der Waals surface area contributed by atoms with Crippen molar-refractivity contribution in [2.45, 2.75) is 12.8 Å². The predicted octanol–water partition coefficient (Wildman–Crippen LogP) is 4.42. The highest BCUT2D eigenvalue weighted by atomic mass is 19.1. The molecule has 2 aromatic rings. The largest absolute Gasteiger partial charge is 0.466 e. The molecule has 0 spiro atoms. The summed E-state index contributed by atoms with van der Waals surface area (Å²) in [5.41, 5.74) is 0.0181. The van der Waals surface area contributed by atoms with Crippen LogP contribution < -0.4 is 10.6 Å². The van der Waals surface area contributed by atoms with E-state index in [0.29, 0.717) is 12.1 Å². The fourth-order valence-electron chi connectivity index (χ4n) is 3.16. The maximum Gasteiger partial charge on any atom is 0.335 e. The van der Waals surface area contributed by atoms with Crippen molar-refractivity contribution in [2.24, 2.45) is 0 Å². The minimum atomic E-state index is -0.914. The Morgan fingerprint density at radius 1 is 0.719 bits per heavy atom. The van der Waals surface area contributed by atoms with Crippen LogP contribution in [0.3, 0.4) is 0 Å². The lowest BCUT2D eigenvalue weighted by atomic mass is 9.92. The molecule has 168 valence electrons. The molecule has 0 aromatic heterocycles. The van der Waals surface area contributed by atoms with Gasteiger partial charge in [-0.2, -0.15) is 0 Å². The average molecular weight is 450 g/mol. The summed E-state index contributed by atoms with van der Waals surface area (Å²) in [6.45, 7) is 0. The third kappa shape index (κ3) is 4.90. The van der Waals surface area contributed by atoms with Gasteiger partial charge < -0.3 is 20.1 Å². The van der Waals surface area contributed by atoms with Crippen molar-refractivity contribution in [1.29, 1.82) is 0 Å². The van der Waals surface area contributed by atoms with Gasteiger partial charge in [0.25, 0.3) is 0 Å². The van der Waals surface area contributed by atoms with Crippen LogP contribution in [0.15, 0.2) is 58.9 Å². The Labute approximate surface area is 180 Å². The monoisotopic (exact) mass is 450 g/mol. The van der Waals surface area contributed by atoms with Gasteiger partial charge in [-0.05, 0) is 24.3 Å². The zero-order valence-corrected chi connectivity index (χ0v) is 17.0. The van der Waals surface area contributed by atoms with E-state index in [1.807, 2.05) is 0 Å². The zero-order chi connectivity index (χ0) is 23.4. The molecule has 6 nitrogen and oxygen atoms in total. The normalized spacial score (nSPS) is 13.7. The number of allylic oxidation sites excluding steroid dienone is 2. The van der Waals surface area contributed by atoms with Crippen LogP contribution in [0.25, 0.3) is 0 Å². The highest BCUT2D eigenvalue weighted by molar-refractivity contribution is 5.96. The summed E-state index contributed by atoms with van der Waals surface area (Å²) in [4.78, 5) is 24.8. The third-order valence-electron chi connectivity index (χ3n) is 4.73. The van der Waals surface area contributed by atoms with E-state index in [0.717, 1.165) is 38.5 Å². The number of carbonyl (C=O) groups excluding carboxylic acids is 2. The first-order chi connectivity index (χ1) is 15.2. The predicted molar refractivity (Wildman–Crippen MR) is 107 cm³/mol. The Hall–Kier alpha value is -3.82. The van der Waals surface area contributed by atoms with E-state index in [1.54, 1.807) is 0 Å². The number of hydrogen-bond acceptors (Lipinski definition) is 6. The zero-order valence-electron chi connectivity index (χ0n) is 17.0. The molecule has 0 atom stereocenters. The smallest absolute Gasteiger partial charge is 0.335 e. The molecule has 0 radical (unpaired) electrons. The Kier molecular flexibility index (Phi) is 6.82. The van der Waals surface area contributed by atoms with Crippen LogP contribution in [0.5, 0.6) is 0 Å². The molecular formula is C22H18F4N2O4. The van der Waals surface area contributed by atoms with Crippen molar-refractivity contribution in [2.75, 3.05) is 24.9 Å². The van der Waals surface area contributed by atoms with Gasteiger partial charge in [-0.3, -0.25) is 0 Å². The standard InChI is InChI=1S/C22H18F4N2O4/c1-31-21(29)13-9-20(28-18-6-4-12(24)8-16(18)26)14(22(30)32-2)10-19(13)27-17-5-3-11(23)7-15(17)25/h3-8,27-28H,9-10H2,1-2H3. The Morgan fingerprint density at radius 3 is 1.41 bits per heavy atom. The summed E-state index contributed by atoms with van der Waals surface area (Å²) in [6, 6.07) is 5.63. The number of halogens is 4. The highest BCUT2D eigenvalue weighted by Crippen LogP contribution is 2.34. The number of carbonyl (C=O) groups is 2. The van der Waals surface area contributed by atoms with Crippen LogP contribution in [0.2, 0.25) is 0 Å². The van der Waals surface area contributed by atoms with Crippen LogP contribution >= 0.6 is 0 Å². The minimum absolute atomic E-state index is 0.0221. The van der Waals surface area contributed by atoms with Crippen molar-refractivity contribution in [1.82, 2.24) is 0 Å². The summed E-state index contributed by atoms with van der Waals surface area (Å²) in [7, 11) is 2.27. The topological polar surface area (TPSA) is 76.7 Å². The quantitative estimate of drug-likeness (QED) is 0.502. The van der Waals surface area contributed by atoms with Gasteiger partial charge in [-0.1, -0.05) is 0 Å². The van der Waals surface area contributed by atoms with E-state index in [2.05, 4.69) is 10.6 Å². The van der Waals surface area contributed by atoms with E-state index in [9.17, 15) is 27.2 Å². The van der Waals surface area contributed by atoms with E-state index in [1.165, 1.54) is 0 Å². The molecule has 2 N–H and O–H groups in total. The first-order valence-corrected chi connectivity index (χ1v) is 9.28. The molecule has 2 aromatic carbocycles. The second-order valence-corrected chi connectivity index (χ2v) is 6.75. The van der Waals surface area contributed by atoms with Crippen molar-refractivity contribution in [3.8, 4) is 0 Å². The molecule has 0 saturated heterocycles. The Morgan fingerprint density at radius 2 is 1.09 bits per heavy atom. The number of benzene rings is 2. The third-order valence-corrected chi connectivity index (χ3v) is 4.73. The van der Waals surface area contributed by atoms with Crippen molar-refractivity contribution in [3.63, 3.8) is 0 Å². The van der Waals surface area contributed by atoms with Crippen molar-refractivity contribution < 1.29 is 36.6 Å². The summed E-state index contributed by atoms with van der Waals surface area (Å²) in [5.74, 6) is -4.97. The molecule has 0 heterocycles. The lowest BCUT2D eigenvalue weighted by Crippen LogP contribution is -2.24. The van der Waals surface area contributed by atoms with Crippen LogP contribution in [0.1, 0.15) is 12.8 Å². The number of esters is 2. The van der Waals surface area contributed by atoms with Gasteiger partial charge in [-0.15, -0.1) is 0 Å². The lowest BCUT2D eigenvalue weighted by Gasteiger charge is -2.26. The molecule has 1 aliphatic carbocycles. The Bertz CT molecular complexity index is 1060. The molecule has 0 unspecified atom stereocenters. The number of rotatable bonds is 6. The van der Waals surface area contributed by atoms with Crippen molar-refractivity contribution in [3.05, 3.63) is 82.2 Å². The first-order valence-electron chi connectivity index (χ1n) is 9.28. The molecule has 32 heavy (non-hydrogen) atoms. The van der Waals surface area contributed by atoms with E-state index in [4.69, 9.17) is 9.47 Å². The molecule has 1 aliphatic rings. The molecule has 0 aliphatic heterocycles. The number of ether oxygens (including phenoxy) is 2. The summed E-state index contributed by atoms with van der Waals surface area (Å²) < 4.78 is 64.3. The molecule has 0 fully saturated rings. The SMILES string of the molecule is COC(=O)C1=C(Nc2ccc(F)cc2F)CC(C(=O)OC)=C(Nc2ccc(F)cc2F)C1. The van der Waals surface area contributed by atoms with Gasteiger partial charge in [0.05, 0.1) is 36.7 Å². The average Bonchev–Trinajstić information content (AvgIpc) is 2.76. The molecule has 3 rings (SSSR count). The molecular weight excluding hydrogens is 432 g/mol. The maximum atomic E-state index is 14.1. The number of methoxy groups -OCH3 is 2. The van der Waals surface area contributed by atoms with Crippen molar-refractivity contribution >= 4 is 23.3 Å². The highest BCUT2D eigenvalue weighted by Gasteiger charge is 2.30. The lowest BCUT2D eigenvalue weighted by molar-refractivity contribution is -0.137. The van der Waals surface area contributed by atoms with Crippen LogP contribution in [0.4, 0.5) is 28.9 Å². The number of hydrogen-bond donors (Lipinski definition) is 2. The van der Waals surface area contributed by atoms with Gasteiger partial charge in [0.1, 0.15) is 23.3 Å². The molecule has 0 amide bonds. The molecule has 0 bridgehead atoms. The Balaban J connectivity index is 2.02. The van der Waals surface area contributed by atoms with Gasteiger partial charge in [-0.25, -0.2) is 27.2 Å². The van der Waals surface area contributed by atoms with Gasteiger partial charge >= 0.3 is 11.9 Å². The minimum Gasteiger partial charge on any atom is -0.466 e. The van der Waals surface area contributed by atoms with Gasteiger partial charge in [0.2, 0.25) is 0 Å². The van der Waals surface area contributed by atoms with Crippen LogP contribution in [-0.4, -0.2) is 26.2 Å². The van der Waals surface area contributed by atoms with Gasteiger partial charge in [0.15, 0.2) is 0 Å². The van der Waals surface area contributed by atoms with E-state index < -0.39 is 35.2 Å². The van der Waals surface area contributed by atoms with E-state index >= 15 is 0 Å². The van der Waals surface area contributed by atoms with E-state index in [-0.39, 0.29) is 46.8 Å². The molecule has 0 saturated carbocycles. The number of anilines is 2. The summed E-state index contributed by atoms with van der Waals surface area (Å²) in [6.07, 6.45) is -0.474. The van der Waals surface area contributed by atoms with Gasteiger partial charge in [0, 0.05) is 36.4 Å². The fourth-order valence-corrected chi connectivity index (χ4v) is 3.16.